The van der Waals surface area contributed by atoms with E-state index in [0.29, 0.717) is 6.61 Å². The predicted molar refractivity (Wildman–Crippen MR) is 91.8 cm³/mol. The lowest BCUT2D eigenvalue weighted by Crippen LogP contribution is -2.30. The highest BCUT2D eigenvalue weighted by atomic mass is 79.9. The number of carbonyl (C=O) groups excluding carboxylic acids is 1. The maximum Gasteiger partial charge on any atom is 0.407 e. The molecule has 1 atom stereocenters. The molecule has 1 unspecified atom stereocenters. The number of benzene rings is 2. The van der Waals surface area contributed by atoms with E-state index in [-0.39, 0.29) is 12.1 Å². The van der Waals surface area contributed by atoms with Gasteiger partial charge in [-0.3, -0.25) is 0 Å². The molecule has 1 amide bonds. The number of alkyl carbamates (subject to hydrolysis) is 1. The number of halogens is 1. The smallest absolute Gasteiger partial charge is 0.407 e. The summed E-state index contributed by atoms with van der Waals surface area (Å²) in [7, 11) is 0. The molecule has 0 saturated carbocycles. The summed E-state index contributed by atoms with van der Waals surface area (Å²) in [6.07, 6.45) is 1.49. The van der Waals surface area contributed by atoms with Gasteiger partial charge in [0.15, 0.2) is 0 Å². The summed E-state index contributed by atoms with van der Waals surface area (Å²) < 4.78 is 6.23. The molecule has 0 spiro atoms. The Morgan fingerprint density at radius 2 is 1.73 bits per heavy atom. The summed E-state index contributed by atoms with van der Waals surface area (Å²) in [6, 6.07) is 17.6. The Balaban J connectivity index is 2.15. The summed E-state index contributed by atoms with van der Waals surface area (Å²) in [6.45, 7) is 2.51. The van der Waals surface area contributed by atoms with Crippen molar-refractivity contribution in [1.82, 2.24) is 5.32 Å². The van der Waals surface area contributed by atoms with Crippen molar-refractivity contribution >= 4 is 22.0 Å². The number of nitrogens with one attached hydrogen (secondary N) is 1. The highest BCUT2D eigenvalue weighted by Crippen LogP contribution is 2.23. The van der Waals surface area contributed by atoms with Gasteiger partial charge in [-0.05, 0) is 29.7 Å². The van der Waals surface area contributed by atoms with Crippen molar-refractivity contribution < 1.29 is 9.53 Å². The SMILES string of the molecule is CCCCOC(=O)NC(c1ccccc1)c1ccc(Br)cc1. The van der Waals surface area contributed by atoms with Crippen LogP contribution in [0.3, 0.4) is 0 Å². The first kappa shape index (κ1) is 16.6. The van der Waals surface area contributed by atoms with Crippen molar-refractivity contribution in [2.75, 3.05) is 6.61 Å². The number of rotatable bonds is 6. The van der Waals surface area contributed by atoms with Crippen LogP contribution in [-0.2, 0) is 4.74 Å². The summed E-state index contributed by atoms with van der Waals surface area (Å²) in [5.41, 5.74) is 2.04. The number of carbonyl (C=O) groups is 1. The van der Waals surface area contributed by atoms with Crippen molar-refractivity contribution in [3.63, 3.8) is 0 Å². The van der Waals surface area contributed by atoms with Gasteiger partial charge in [-0.25, -0.2) is 4.79 Å². The van der Waals surface area contributed by atoms with Gasteiger partial charge in [0.25, 0.3) is 0 Å². The lowest BCUT2D eigenvalue weighted by atomic mass is 9.99. The minimum Gasteiger partial charge on any atom is -0.450 e. The van der Waals surface area contributed by atoms with Gasteiger partial charge in [-0.2, -0.15) is 0 Å². The molecule has 4 heteroatoms. The molecule has 0 radical (unpaired) electrons. The molecule has 1 N–H and O–H groups in total. The molecular formula is C18H20BrNO2. The summed E-state index contributed by atoms with van der Waals surface area (Å²) in [4.78, 5) is 12.0. The van der Waals surface area contributed by atoms with Crippen LogP contribution in [0.1, 0.15) is 36.9 Å². The third-order valence-electron chi connectivity index (χ3n) is 3.33. The second-order valence-corrected chi connectivity index (χ2v) is 5.94. The molecule has 0 saturated heterocycles. The predicted octanol–water partition coefficient (Wildman–Crippen LogP) is 5.06. The van der Waals surface area contributed by atoms with Gasteiger partial charge >= 0.3 is 6.09 Å². The summed E-state index contributed by atoms with van der Waals surface area (Å²) in [5, 5.41) is 2.95. The average molecular weight is 362 g/mol. The molecule has 0 aliphatic heterocycles. The van der Waals surface area contributed by atoms with Gasteiger partial charge in [0.2, 0.25) is 0 Å². The van der Waals surface area contributed by atoms with Gasteiger partial charge < -0.3 is 10.1 Å². The van der Waals surface area contributed by atoms with E-state index in [1.54, 1.807) is 0 Å². The number of hydrogen-bond acceptors (Lipinski definition) is 2. The monoisotopic (exact) mass is 361 g/mol. The Morgan fingerprint density at radius 3 is 2.36 bits per heavy atom. The average Bonchev–Trinajstić information content (AvgIpc) is 2.55. The normalized spacial score (nSPS) is 11.7. The van der Waals surface area contributed by atoms with E-state index in [1.165, 1.54) is 0 Å². The molecule has 0 heterocycles. The Morgan fingerprint density at radius 1 is 1.09 bits per heavy atom. The van der Waals surface area contributed by atoms with Crippen molar-refractivity contribution in [3.8, 4) is 0 Å². The van der Waals surface area contributed by atoms with E-state index in [2.05, 4.69) is 28.2 Å². The van der Waals surface area contributed by atoms with Crippen molar-refractivity contribution in [2.45, 2.75) is 25.8 Å². The Hall–Kier alpha value is -1.81. The molecular weight excluding hydrogens is 342 g/mol. The Kier molecular flexibility index (Phi) is 6.46. The molecule has 0 fully saturated rings. The number of amides is 1. The molecule has 0 aromatic heterocycles. The van der Waals surface area contributed by atoms with Crippen molar-refractivity contribution in [2.24, 2.45) is 0 Å². The zero-order valence-corrected chi connectivity index (χ0v) is 14.2. The maximum atomic E-state index is 12.0. The van der Waals surface area contributed by atoms with Crippen LogP contribution in [0.2, 0.25) is 0 Å². The molecule has 22 heavy (non-hydrogen) atoms. The molecule has 116 valence electrons. The fourth-order valence-corrected chi connectivity index (χ4v) is 2.39. The largest absolute Gasteiger partial charge is 0.450 e. The van der Waals surface area contributed by atoms with E-state index in [9.17, 15) is 4.79 Å². The highest BCUT2D eigenvalue weighted by molar-refractivity contribution is 9.10. The standard InChI is InChI=1S/C18H20BrNO2/c1-2-3-13-22-18(21)20-17(14-7-5-4-6-8-14)15-9-11-16(19)12-10-15/h4-12,17H,2-3,13H2,1H3,(H,20,21). The van der Waals surface area contributed by atoms with Crippen LogP contribution in [0.5, 0.6) is 0 Å². The quantitative estimate of drug-likeness (QED) is 0.729. The van der Waals surface area contributed by atoms with Crippen LogP contribution in [0.25, 0.3) is 0 Å². The van der Waals surface area contributed by atoms with Gasteiger partial charge in [-0.15, -0.1) is 0 Å². The lowest BCUT2D eigenvalue weighted by molar-refractivity contribution is 0.142. The molecule has 2 rings (SSSR count). The van der Waals surface area contributed by atoms with Crippen LogP contribution >= 0.6 is 15.9 Å². The van der Waals surface area contributed by atoms with Crippen LogP contribution < -0.4 is 5.32 Å². The third-order valence-corrected chi connectivity index (χ3v) is 3.86. The van der Waals surface area contributed by atoms with Crippen LogP contribution in [0.15, 0.2) is 59.1 Å². The van der Waals surface area contributed by atoms with Crippen LogP contribution in [0, 0.1) is 0 Å². The van der Waals surface area contributed by atoms with Gasteiger partial charge in [0.05, 0.1) is 12.6 Å². The fraction of sp³-hybridized carbons (Fsp3) is 0.278. The van der Waals surface area contributed by atoms with Crippen molar-refractivity contribution in [3.05, 3.63) is 70.2 Å². The minimum atomic E-state index is -0.384. The second-order valence-electron chi connectivity index (χ2n) is 5.03. The molecule has 2 aromatic rings. The Bertz CT molecular complexity index is 584. The van der Waals surface area contributed by atoms with Gasteiger partial charge in [-0.1, -0.05) is 71.7 Å². The van der Waals surface area contributed by atoms with Gasteiger partial charge in [0.1, 0.15) is 0 Å². The molecule has 2 aromatic carbocycles. The fourth-order valence-electron chi connectivity index (χ4n) is 2.13. The van der Waals surface area contributed by atoms with E-state index >= 15 is 0 Å². The number of unbranched alkanes of at least 4 members (excludes halogenated alkanes) is 1. The minimum absolute atomic E-state index is 0.219. The van der Waals surface area contributed by atoms with Crippen molar-refractivity contribution in [1.29, 1.82) is 0 Å². The summed E-state index contributed by atoms with van der Waals surface area (Å²) >= 11 is 3.43. The first-order valence-electron chi connectivity index (χ1n) is 7.44. The number of hydrogen-bond donors (Lipinski definition) is 1. The Labute approximate surface area is 139 Å². The number of ether oxygens (including phenoxy) is 1. The van der Waals surface area contributed by atoms with E-state index in [4.69, 9.17) is 4.74 Å². The zero-order valence-electron chi connectivity index (χ0n) is 12.6. The zero-order chi connectivity index (χ0) is 15.8. The first-order chi connectivity index (χ1) is 10.7. The molecule has 0 bridgehead atoms. The topological polar surface area (TPSA) is 38.3 Å². The van der Waals surface area contributed by atoms with Gasteiger partial charge in [0, 0.05) is 4.47 Å². The first-order valence-corrected chi connectivity index (χ1v) is 8.23. The van der Waals surface area contributed by atoms with E-state index < -0.39 is 0 Å². The molecule has 3 nitrogen and oxygen atoms in total. The van der Waals surface area contributed by atoms with Crippen LogP contribution in [0.4, 0.5) is 4.79 Å². The maximum absolute atomic E-state index is 12.0. The van der Waals surface area contributed by atoms with E-state index in [1.807, 2.05) is 54.6 Å². The summed E-state index contributed by atoms with van der Waals surface area (Å²) in [5.74, 6) is 0. The second kappa shape index (κ2) is 8.59. The third kappa shape index (κ3) is 4.88. The van der Waals surface area contributed by atoms with Crippen LogP contribution in [-0.4, -0.2) is 12.7 Å². The van der Waals surface area contributed by atoms with E-state index in [0.717, 1.165) is 28.4 Å². The molecule has 0 aliphatic rings. The molecule has 0 aliphatic carbocycles. The highest BCUT2D eigenvalue weighted by Gasteiger charge is 2.17. The lowest BCUT2D eigenvalue weighted by Gasteiger charge is -2.19.